The maximum Gasteiger partial charge on any atom is 0.212 e. The Hall–Kier alpha value is -0.910. The maximum atomic E-state index is 12.5. The fraction of sp³-hybridized carbons (Fsp3) is 0.667. The van der Waals surface area contributed by atoms with Gasteiger partial charge in [-0.1, -0.05) is 11.6 Å². The van der Waals surface area contributed by atoms with E-state index in [1.807, 2.05) is 20.9 Å². The van der Waals surface area contributed by atoms with Gasteiger partial charge in [0.05, 0.1) is 17.8 Å². The van der Waals surface area contributed by atoms with Crippen LogP contribution in [0.25, 0.3) is 0 Å². The van der Waals surface area contributed by atoms with Crippen molar-refractivity contribution >= 4 is 17.4 Å². The number of morpholine rings is 1. The summed E-state index contributed by atoms with van der Waals surface area (Å²) < 4.78 is 7.19. The Bertz CT molecular complexity index is 445. The van der Waals surface area contributed by atoms with Crippen molar-refractivity contribution in [1.29, 1.82) is 0 Å². The van der Waals surface area contributed by atoms with E-state index in [9.17, 15) is 4.79 Å². The normalized spacial score (nSPS) is 21.5. The van der Waals surface area contributed by atoms with Crippen molar-refractivity contribution in [1.82, 2.24) is 14.7 Å². The highest BCUT2D eigenvalue weighted by Gasteiger charge is 2.30. The number of likely N-dealkylation sites (N-methyl/N-ethyl adjacent to an activating group) is 1. The lowest BCUT2D eigenvalue weighted by molar-refractivity contribution is -0.00923. The number of nitrogens with zero attached hydrogens (tertiary/aromatic N) is 3. The van der Waals surface area contributed by atoms with Crippen molar-refractivity contribution in [2.75, 3.05) is 26.7 Å². The summed E-state index contributed by atoms with van der Waals surface area (Å²) in [5.41, 5.74) is 0.451. The minimum atomic E-state index is -0.449. The van der Waals surface area contributed by atoms with Crippen LogP contribution in [0.5, 0.6) is 0 Å². The molecule has 1 aliphatic heterocycles. The zero-order valence-electron chi connectivity index (χ0n) is 10.9. The van der Waals surface area contributed by atoms with E-state index in [1.54, 1.807) is 4.68 Å². The second-order valence-electron chi connectivity index (χ2n) is 4.87. The third-order valence-corrected chi connectivity index (χ3v) is 3.31. The second-order valence-corrected chi connectivity index (χ2v) is 5.27. The molecule has 1 fully saturated rings. The lowest BCUT2D eigenvalue weighted by Crippen LogP contribution is -2.44. The number of hydrogen-bond donors (Lipinski definition) is 0. The molecule has 2 rings (SSSR count). The quantitative estimate of drug-likeness (QED) is 0.784. The predicted molar refractivity (Wildman–Crippen MR) is 69.2 cm³/mol. The fourth-order valence-electron chi connectivity index (χ4n) is 2.05. The number of ketones is 1. The number of Topliss-reactive ketones (excluding diaryl/α,β-unsaturated/α-hetero) is 1. The van der Waals surface area contributed by atoms with Gasteiger partial charge in [0.1, 0.15) is 11.8 Å². The summed E-state index contributed by atoms with van der Waals surface area (Å²) in [7, 11) is 1.98. The maximum absolute atomic E-state index is 12.5. The third-order valence-electron chi connectivity index (χ3n) is 3.04. The van der Waals surface area contributed by atoms with E-state index in [0.29, 0.717) is 23.9 Å². The molecule has 6 heteroatoms. The lowest BCUT2D eigenvalue weighted by Gasteiger charge is -2.29. The van der Waals surface area contributed by atoms with E-state index in [1.165, 1.54) is 6.20 Å². The molecule has 0 amide bonds. The molecular weight excluding hydrogens is 254 g/mol. The van der Waals surface area contributed by atoms with Crippen LogP contribution in [0, 0.1) is 0 Å². The van der Waals surface area contributed by atoms with Crippen LogP contribution >= 0.6 is 11.6 Å². The molecule has 18 heavy (non-hydrogen) atoms. The van der Waals surface area contributed by atoms with Crippen LogP contribution in [0.3, 0.4) is 0 Å². The number of carbonyl (C=O) groups excluding carboxylic acids is 1. The third kappa shape index (κ3) is 2.58. The average Bonchev–Trinajstić information content (AvgIpc) is 2.70. The molecule has 0 radical (unpaired) electrons. The smallest absolute Gasteiger partial charge is 0.212 e. The minimum absolute atomic E-state index is 0.0854. The van der Waals surface area contributed by atoms with E-state index in [-0.39, 0.29) is 11.8 Å². The molecule has 1 aliphatic rings. The molecule has 1 unspecified atom stereocenters. The molecule has 1 aromatic heterocycles. The molecule has 2 heterocycles. The van der Waals surface area contributed by atoms with Gasteiger partial charge in [0.25, 0.3) is 0 Å². The summed E-state index contributed by atoms with van der Waals surface area (Å²) >= 11 is 6.07. The molecule has 0 bridgehead atoms. The Kier molecular flexibility index (Phi) is 4.04. The molecule has 0 N–H and O–H groups in total. The van der Waals surface area contributed by atoms with Crippen LogP contribution in [0.4, 0.5) is 0 Å². The molecule has 1 saturated heterocycles. The highest BCUT2D eigenvalue weighted by atomic mass is 35.5. The van der Waals surface area contributed by atoms with Crippen molar-refractivity contribution in [2.45, 2.75) is 26.0 Å². The van der Waals surface area contributed by atoms with Crippen LogP contribution in [-0.4, -0.2) is 53.3 Å². The van der Waals surface area contributed by atoms with Crippen molar-refractivity contribution in [2.24, 2.45) is 0 Å². The summed E-state index contributed by atoms with van der Waals surface area (Å²) in [5.74, 6) is -0.0854. The van der Waals surface area contributed by atoms with E-state index in [2.05, 4.69) is 10.00 Å². The SMILES string of the molecule is CC(C)n1ncc(Cl)c1C(=O)C1CN(C)CCO1. The van der Waals surface area contributed by atoms with Gasteiger partial charge in [-0.05, 0) is 20.9 Å². The molecule has 1 aromatic rings. The first-order chi connectivity index (χ1) is 8.50. The summed E-state index contributed by atoms with van der Waals surface area (Å²) in [6.45, 7) is 5.95. The first-order valence-corrected chi connectivity index (χ1v) is 6.46. The highest BCUT2D eigenvalue weighted by Crippen LogP contribution is 2.22. The van der Waals surface area contributed by atoms with Gasteiger partial charge in [-0.15, -0.1) is 0 Å². The second kappa shape index (κ2) is 5.38. The van der Waals surface area contributed by atoms with Crippen molar-refractivity contribution in [3.05, 3.63) is 16.9 Å². The Morgan fingerprint density at radius 3 is 2.94 bits per heavy atom. The number of ether oxygens (including phenoxy) is 1. The van der Waals surface area contributed by atoms with Gasteiger partial charge < -0.3 is 9.64 Å². The Labute approximate surface area is 112 Å². The monoisotopic (exact) mass is 271 g/mol. The summed E-state index contributed by atoms with van der Waals surface area (Å²) in [6, 6.07) is 0.0952. The van der Waals surface area contributed by atoms with Crippen LogP contribution < -0.4 is 0 Å². The number of rotatable bonds is 3. The van der Waals surface area contributed by atoms with Crippen LogP contribution in [-0.2, 0) is 4.74 Å². The average molecular weight is 272 g/mol. The van der Waals surface area contributed by atoms with Gasteiger partial charge in [-0.3, -0.25) is 9.48 Å². The van der Waals surface area contributed by atoms with Gasteiger partial charge in [0.15, 0.2) is 0 Å². The van der Waals surface area contributed by atoms with Gasteiger partial charge in [0, 0.05) is 19.1 Å². The molecule has 100 valence electrons. The van der Waals surface area contributed by atoms with Crippen LogP contribution in [0.15, 0.2) is 6.20 Å². The molecule has 0 spiro atoms. The fourth-order valence-corrected chi connectivity index (χ4v) is 2.28. The topological polar surface area (TPSA) is 47.4 Å². The van der Waals surface area contributed by atoms with Crippen LogP contribution in [0.1, 0.15) is 30.4 Å². The molecular formula is C12H18ClN3O2. The Morgan fingerprint density at radius 1 is 1.61 bits per heavy atom. The van der Waals surface area contributed by atoms with E-state index in [4.69, 9.17) is 16.3 Å². The van der Waals surface area contributed by atoms with E-state index >= 15 is 0 Å². The zero-order valence-corrected chi connectivity index (χ0v) is 11.6. The number of aromatic nitrogens is 2. The van der Waals surface area contributed by atoms with Gasteiger partial charge >= 0.3 is 0 Å². The van der Waals surface area contributed by atoms with Crippen molar-refractivity contribution < 1.29 is 9.53 Å². The van der Waals surface area contributed by atoms with E-state index in [0.717, 1.165) is 6.54 Å². The van der Waals surface area contributed by atoms with Gasteiger partial charge in [-0.25, -0.2) is 0 Å². The summed E-state index contributed by atoms with van der Waals surface area (Å²) in [6.07, 6.45) is 1.07. The van der Waals surface area contributed by atoms with Gasteiger partial charge in [-0.2, -0.15) is 5.10 Å². The highest BCUT2D eigenvalue weighted by molar-refractivity contribution is 6.33. The zero-order chi connectivity index (χ0) is 13.3. The first kappa shape index (κ1) is 13.5. The molecule has 0 saturated carbocycles. The molecule has 1 atom stereocenters. The summed E-state index contributed by atoms with van der Waals surface area (Å²) in [5, 5.41) is 4.54. The Balaban J connectivity index is 2.25. The number of halogens is 1. The molecule has 0 aliphatic carbocycles. The van der Waals surface area contributed by atoms with Gasteiger partial charge in [0.2, 0.25) is 5.78 Å². The standard InChI is InChI=1S/C12H18ClN3O2/c1-8(2)16-11(9(13)6-14-16)12(17)10-7-15(3)4-5-18-10/h6,8,10H,4-5,7H2,1-3H3. The van der Waals surface area contributed by atoms with Crippen LogP contribution in [0.2, 0.25) is 5.02 Å². The van der Waals surface area contributed by atoms with Crippen molar-refractivity contribution in [3.63, 3.8) is 0 Å². The van der Waals surface area contributed by atoms with E-state index < -0.39 is 6.10 Å². The minimum Gasteiger partial charge on any atom is -0.367 e. The summed E-state index contributed by atoms with van der Waals surface area (Å²) in [4.78, 5) is 14.5. The lowest BCUT2D eigenvalue weighted by atomic mass is 10.1. The number of carbonyl (C=O) groups is 1. The largest absolute Gasteiger partial charge is 0.367 e. The predicted octanol–water partition coefficient (Wildman–Crippen LogP) is 1.63. The molecule has 5 nitrogen and oxygen atoms in total. The van der Waals surface area contributed by atoms with Crippen molar-refractivity contribution in [3.8, 4) is 0 Å². The molecule has 0 aromatic carbocycles. The number of hydrogen-bond acceptors (Lipinski definition) is 4. The first-order valence-electron chi connectivity index (χ1n) is 6.08. The Morgan fingerprint density at radius 2 is 2.33 bits per heavy atom.